The van der Waals surface area contributed by atoms with Crippen molar-refractivity contribution in [1.82, 2.24) is 0 Å². The molecule has 0 bridgehead atoms. The average molecular weight is 220 g/mol. The predicted octanol–water partition coefficient (Wildman–Crippen LogP) is 2.14. The number of carbonyl (C=O) groups excluding carboxylic acids is 1. The highest BCUT2D eigenvalue weighted by Gasteiger charge is 2.25. The molecular weight excluding hydrogens is 204 g/mol. The predicted molar refractivity (Wildman–Crippen MR) is 62.6 cm³/mol. The number of rotatable bonds is 4. The van der Waals surface area contributed by atoms with Crippen molar-refractivity contribution in [3.8, 4) is 0 Å². The molecule has 0 aliphatic carbocycles. The summed E-state index contributed by atoms with van der Waals surface area (Å²) in [5.41, 5.74) is 0.446. The van der Waals surface area contributed by atoms with E-state index in [2.05, 4.69) is 6.58 Å². The van der Waals surface area contributed by atoms with Gasteiger partial charge < -0.3 is 9.84 Å². The maximum Gasteiger partial charge on any atom is 0.337 e. The average Bonchev–Trinajstić information content (AvgIpc) is 2.25. The fraction of sp³-hybridized carbons (Fsp3) is 0.308. The van der Waals surface area contributed by atoms with E-state index in [1.54, 1.807) is 6.08 Å². The molecule has 0 spiro atoms. The lowest BCUT2D eigenvalue weighted by molar-refractivity contribution is -0.163. The minimum atomic E-state index is -1.44. The zero-order valence-corrected chi connectivity index (χ0v) is 9.56. The van der Waals surface area contributed by atoms with Crippen LogP contribution in [0.3, 0.4) is 0 Å². The first-order valence-electron chi connectivity index (χ1n) is 5.04. The molecule has 16 heavy (non-hydrogen) atoms. The number of carbonyl (C=O) groups is 1. The Morgan fingerprint density at radius 2 is 2.00 bits per heavy atom. The summed E-state index contributed by atoms with van der Waals surface area (Å²) in [6, 6.07) is 7.49. The Kier molecular flexibility index (Phi) is 3.85. The number of hydrogen-bond donors (Lipinski definition) is 1. The molecule has 1 rings (SSSR count). The first-order valence-corrected chi connectivity index (χ1v) is 5.04. The number of benzene rings is 1. The van der Waals surface area contributed by atoms with Gasteiger partial charge in [-0.25, -0.2) is 4.79 Å². The van der Waals surface area contributed by atoms with Crippen molar-refractivity contribution >= 4 is 12.0 Å². The first kappa shape index (κ1) is 12.5. The van der Waals surface area contributed by atoms with E-state index in [1.165, 1.54) is 13.8 Å². The van der Waals surface area contributed by atoms with Crippen LogP contribution in [0.15, 0.2) is 30.8 Å². The molecule has 1 aromatic rings. The van der Waals surface area contributed by atoms with Crippen molar-refractivity contribution < 1.29 is 14.6 Å². The molecule has 0 aliphatic rings. The van der Waals surface area contributed by atoms with Gasteiger partial charge in [-0.2, -0.15) is 0 Å². The molecule has 0 amide bonds. The van der Waals surface area contributed by atoms with E-state index >= 15 is 0 Å². The standard InChI is InChI=1S/C13H16O3/c1-4-10-5-7-11(8-6-10)9-16-12(14)13(2,3)15/h4-8,15H,1,9H2,2-3H3. The summed E-state index contributed by atoms with van der Waals surface area (Å²) in [5, 5.41) is 9.36. The third kappa shape index (κ3) is 3.51. The highest BCUT2D eigenvalue weighted by molar-refractivity contribution is 5.78. The second-order valence-electron chi connectivity index (χ2n) is 4.08. The second kappa shape index (κ2) is 4.94. The van der Waals surface area contributed by atoms with Crippen molar-refractivity contribution in [2.24, 2.45) is 0 Å². The van der Waals surface area contributed by atoms with Crippen LogP contribution in [0.4, 0.5) is 0 Å². The van der Waals surface area contributed by atoms with Crippen LogP contribution in [-0.4, -0.2) is 16.7 Å². The summed E-state index contributed by atoms with van der Waals surface area (Å²) >= 11 is 0. The fourth-order valence-corrected chi connectivity index (χ4v) is 1.08. The Morgan fingerprint density at radius 3 is 2.44 bits per heavy atom. The molecule has 0 fully saturated rings. The molecule has 1 N–H and O–H groups in total. The number of ether oxygens (including phenoxy) is 1. The van der Waals surface area contributed by atoms with Crippen LogP contribution < -0.4 is 0 Å². The van der Waals surface area contributed by atoms with Gasteiger partial charge in [-0.05, 0) is 25.0 Å². The van der Waals surface area contributed by atoms with Crippen molar-refractivity contribution in [3.63, 3.8) is 0 Å². The number of hydrogen-bond acceptors (Lipinski definition) is 3. The van der Waals surface area contributed by atoms with Gasteiger partial charge >= 0.3 is 5.97 Å². The molecule has 0 heterocycles. The van der Waals surface area contributed by atoms with Gasteiger partial charge in [0.2, 0.25) is 0 Å². The summed E-state index contributed by atoms with van der Waals surface area (Å²) in [6.45, 7) is 6.61. The number of esters is 1. The topological polar surface area (TPSA) is 46.5 Å². The van der Waals surface area contributed by atoms with Crippen LogP contribution in [0, 0.1) is 0 Å². The van der Waals surface area contributed by atoms with Crippen molar-refractivity contribution in [2.75, 3.05) is 0 Å². The highest BCUT2D eigenvalue weighted by atomic mass is 16.5. The molecule has 3 nitrogen and oxygen atoms in total. The summed E-state index contributed by atoms with van der Waals surface area (Å²) in [5.74, 6) is -0.625. The van der Waals surface area contributed by atoms with E-state index in [0.29, 0.717) is 0 Å². The fourth-order valence-electron chi connectivity index (χ4n) is 1.08. The van der Waals surface area contributed by atoms with Crippen molar-refractivity contribution in [2.45, 2.75) is 26.1 Å². The van der Waals surface area contributed by atoms with Gasteiger partial charge in [0.05, 0.1) is 0 Å². The van der Waals surface area contributed by atoms with Gasteiger partial charge in [0, 0.05) is 0 Å². The first-order chi connectivity index (χ1) is 7.43. The van der Waals surface area contributed by atoms with Crippen molar-refractivity contribution in [1.29, 1.82) is 0 Å². The summed E-state index contributed by atoms with van der Waals surface area (Å²) in [7, 11) is 0. The van der Waals surface area contributed by atoms with E-state index in [1.807, 2.05) is 24.3 Å². The molecule has 0 aliphatic heterocycles. The minimum Gasteiger partial charge on any atom is -0.459 e. The van der Waals surface area contributed by atoms with Gasteiger partial charge in [0.1, 0.15) is 6.61 Å². The summed E-state index contributed by atoms with van der Waals surface area (Å²) < 4.78 is 4.95. The van der Waals surface area contributed by atoms with Crippen molar-refractivity contribution in [3.05, 3.63) is 42.0 Å². The molecule has 86 valence electrons. The third-order valence-electron chi connectivity index (χ3n) is 2.08. The van der Waals surface area contributed by atoms with Gasteiger partial charge in [-0.15, -0.1) is 0 Å². The van der Waals surface area contributed by atoms with E-state index in [4.69, 9.17) is 4.74 Å². The van der Waals surface area contributed by atoms with E-state index in [0.717, 1.165) is 11.1 Å². The normalized spacial score (nSPS) is 10.9. The minimum absolute atomic E-state index is 0.167. The lowest BCUT2D eigenvalue weighted by atomic mass is 10.1. The van der Waals surface area contributed by atoms with E-state index < -0.39 is 11.6 Å². The molecule has 0 unspecified atom stereocenters. The molecule has 0 atom stereocenters. The summed E-state index contributed by atoms with van der Waals surface area (Å²) in [4.78, 5) is 11.3. The lowest BCUT2D eigenvalue weighted by Gasteiger charge is -2.15. The van der Waals surface area contributed by atoms with E-state index in [9.17, 15) is 9.90 Å². The zero-order chi connectivity index (χ0) is 12.2. The molecule has 1 aromatic carbocycles. The van der Waals surface area contributed by atoms with Crippen LogP contribution in [0.5, 0.6) is 0 Å². The SMILES string of the molecule is C=Cc1ccc(COC(=O)C(C)(C)O)cc1. The van der Waals surface area contributed by atoms with Gasteiger partial charge in [0.25, 0.3) is 0 Å². The molecule has 0 radical (unpaired) electrons. The van der Waals surface area contributed by atoms with Crippen LogP contribution in [0.25, 0.3) is 6.08 Å². The maximum absolute atomic E-state index is 11.3. The monoisotopic (exact) mass is 220 g/mol. The Hall–Kier alpha value is -1.61. The van der Waals surface area contributed by atoms with Gasteiger partial charge in [-0.1, -0.05) is 36.9 Å². The Labute approximate surface area is 95.4 Å². The second-order valence-corrected chi connectivity index (χ2v) is 4.08. The van der Waals surface area contributed by atoms with Crippen LogP contribution in [-0.2, 0) is 16.1 Å². The Morgan fingerprint density at radius 1 is 1.44 bits per heavy atom. The van der Waals surface area contributed by atoms with E-state index in [-0.39, 0.29) is 6.61 Å². The van der Waals surface area contributed by atoms with Crippen LogP contribution in [0.2, 0.25) is 0 Å². The third-order valence-corrected chi connectivity index (χ3v) is 2.08. The van der Waals surface area contributed by atoms with Gasteiger partial charge in [0.15, 0.2) is 5.60 Å². The molecule has 0 saturated heterocycles. The van der Waals surface area contributed by atoms with Crippen LogP contribution in [0.1, 0.15) is 25.0 Å². The molecule has 0 saturated carbocycles. The molecular formula is C13H16O3. The smallest absolute Gasteiger partial charge is 0.337 e. The highest BCUT2D eigenvalue weighted by Crippen LogP contribution is 2.09. The Bertz CT molecular complexity index is 371. The quantitative estimate of drug-likeness (QED) is 0.791. The largest absolute Gasteiger partial charge is 0.459 e. The zero-order valence-electron chi connectivity index (χ0n) is 9.56. The summed E-state index contributed by atoms with van der Waals surface area (Å²) in [6.07, 6.45) is 1.74. The molecule has 3 heteroatoms. The Balaban J connectivity index is 2.55. The number of aliphatic hydroxyl groups is 1. The molecule has 0 aromatic heterocycles. The maximum atomic E-state index is 11.3. The van der Waals surface area contributed by atoms with Crippen LogP contribution >= 0.6 is 0 Å². The lowest BCUT2D eigenvalue weighted by Crippen LogP contribution is -2.32. The van der Waals surface area contributed by atoms with Gasteiger partial charge in [-0.3, -0.25) is 0 Å².